The number of nitrogens with one attached hydrogen (secondary N) is 1. The van der Waals surface area contributed by atoms with Gasteiger partial charge in [0.15, 0.2) is 0 Å². The predicted molar refractivity (Wildman–Crippen MR) is 75.8 cm³/mol. The molecular formula is C14H27N3O2. The van der Waals surface area contributed by atoms with Crippen molar-refractivity contribution in [3.63, 3.8) is 0 Å². The number of carbonyl (C=O) groups is 2. The van der Waals surface area contributed by atoms with Crippen LogP contribution in [0.1, 0.15) is 33.6 Å². The molecule has 0 spiro atoms. The van der Waals surface area contributed by atoms with Crippen molar-refractivity contribution in [2.75, 3.05) is 39.3 Å². The number of nitrogens with zero attached hydrogens (tertiary/aromatic N) is 2. The van der Waals surface area contributed by atoms with Gasteiger partial charge in [-0.25, -0.2) is 0 Å². The van der Waals surface area contributed by atoms with E-state index in [-0.39, 0.29) is 5.91 Å². The summed E-state index contributed by atoms with van der Waals surface area (Å²) >= 11 is 0. The molecule has 0 aromatic rings. The Bertz CT molecular complexity index is 295. The number of rotatable bonds is 5. The van der Waals surface area contributed by atoms with Gasteiger partial charge in [-0.3, -0.25) is 9.59 Å². The van der Waals surface area contributed by atoms with Gasteiger partial charge in [-0.2, -0.15) is 0 Å². The minimum Gasteiger partial charge on any atom is -0.347 e. The van der Waals surface area contributed by atoms with Crippen LogP contribution in [0.2, 0.25) is 0 Å². The maximum atomic E-state index is 11.9. The van der Waals surface area contributed by atoms with Crippen LogP contribution in [0, 0.1) is 5.92 Å². The van der Waals surface area contributed by atoms with Crippen molar-refractivity contribution in [1.29, 1.82) is 0 Å². The molecule has 0 radical (unpaired) electrons. The summed E-state index contributed by atoms with van der Waals surface area (Å²) < 4.78 is 0. The quantitative estimate of drug-likeness (QED) is 0.748. The lowest BCUT2D eigenvalue weighted by Crippen LogP contribution is -2.47. The van der Waals surface area contributed by atoms with Gasteiger partial charge >= 0.3 is 11.8 Å². The second-order valence-electron chi connectivity index (χ2n) is 5.26. The van der Waals surface area contributed by atoms with Crippen molar-refractivity contribution in [1.82, 2.24) is 15.1 Å². The highest BCUT2D eigenvalue weighted by atomic mass is 16.2. The number of amides is 2. The summed E-state index contributed by atoms with van der Waals surface area (Å²) in [6.07, 6.45) is 2.00. The van der Waals surface area contributed by atoms with E-state index < -0.39 is 5.91 Å². The molecule has 0 aromatic heterocycles. The molecule has 110 valence electrons. The minimum atomic E-state index is -0.457. The van der Waals surface area contributed by atoms with E-state index in [0.29, 0.717) is 25.6 Å². The largest absolute Gasteiger partial charge is 0.347 e. The molecule has 1 rings (SSSR count). The van der Waals surface area contributed by atoms with Crippen molar-refractivity contribution < 1.29 is 9.59 Å². The molecule has 0 unspecified atom stereocenters. The fourth-order valence-electron chi connectivity index (χ4n) is 2.30. The standard InChI is InChI=1S/C14H27N3O2/c1-4-16(5-2)11-8-15-13(18)14(19)17-9-6-12(3)7-10-17/h12H,4-11H2,1-3H3,(H,15,18). The number of hydrogen-bond acceptors (Lipinski definition) is 3. The number of likely N-dealkylation sites (N-methyl/N-ethyl adjacent to an activating group) is 1. The Balaban J connectivity index is 2.27. The van der Waals surface area contributed by atoms with E-state index in [4.69, 9.17) is 0 Å². The first-order valence-corrected chi connectivity index (χ1v) is 7.37. The number of piperidine rings is 1. The Kier molecular flexibility index (Phi) is 6.84. The number of likely N-dealkylation sites (tertiary alicyclic amines) is 1. The Labute approximate surface area is 116 Å². The first-order valence-electron chi connectivity index (χ1n) is 7.37. The lowest BCUT2D eigenvalue weighted by atomic mass is 9.99. The van der Waals surface area contributed by atoms with Crippen LogP contribution in [0.3, 0.4) is 0 Å². The van der Waals surface area contributed by atoms with Crippen molar-refractivity contribution in [3.05, 3.63) is 0 Å². The summed E-state index contributed by atoms with van der Waals surface area (Å²) in [7, 11) is 0. The van der Waals surface area contributed by atoms with Crippen LogP contribution >= 0.6 is 0 Å². The molecule has 2 amide bonds. The smallest absolute Gasteiger partial charge is 0.311 e. The molecule has 1 fully saturated rings. The molecule has 1 heterocycles. The third-order valence-corrected chi connectivity index (χ3v) is 3.87. The molecule has 0 aromatic carbocycles. The van der Waals surface area contributed by atoms with E-state index in [1.165, 1.54) is 0 Å². The second kappa shape index (κ2) is 8.15. The van der Waals surface area contributed by atoms with Gasteiger partial charge in [-0.05, 0) is 31.8 Å². The molecular weight excluding hydrogens is 242 g/mol. The third kappa shape index (κ3) is 5.19. The van der Waals surface area contributed by atoms with Crippen LogP contribution in [0.5, 0.6) is 0 Å². The van der Waals surface area contributed by atoms with Crippen molar-refractivity contribution in [2.45, 2.75) is 33.6 Å². The molecule has 0 atom stereocenters. The summed E-state index contributed by atoms with van der Waals surface area (Å²) in [5.74, 6) is -0.164. The highest BCUT2D eigenvalue weighted by molar-refractivity contribution is 6.35. The molecule has 0 aliphatic carbocycles. The van der Waals surface area contributed by atoms with Crippen LogP contribution in [-0.4, -0.2) is 60.9 Å². The van der Waals surface area contributed by atoms with Crippen LogP contribution in [0.4, 0.5) is 0 Å². The maximum Gasteiger partial charge on any atom is 0.311 e. The lowest BCUT2D eigenvalue weighted by Gasteiger charge is -2.29. The van der Waals surface area contributed by atoms with Crippen LogP contribution < -0.4 is 5.32 Å². The molecule has 1 aliphatic rings. The van der Waals surface area contributed by atoms with Crippen molar-refractivity contribution in [3.8, 4) is 0 Å². The van der Waals surface area contributed by atoms with E-state index in [9.17, 15) is 9.59 Å². The maximum absolute atomic E-state index is 11.9. The highest BCUT2D eigenvalue weighted by Gasteiger charge is 2.25. The van der Waals surface area contributed by atoms with Crippen LogP contribution in [-0.2, 0) is 9.59 Å². The SMILES string of the molecule is CCN(CC)CCNC(=O)C(=O)N1CCC(C)CC1. The van der Waals surface area contributed by atoms with Gasteiger partial charge in [0.25, 0.3) is 0 Å². The molecule has 5 heteroatoms. The van der Waals surface area contributed by atoms with Crippen LogP contribution in [0.15, 0.2) is 0 Å². The summed E-state index contributed by atoms with van der Waals surface area (Å²) in [4.78, 5) is 27.6. The normalized spacial score (nSPS) is 16.7. The van der Waals surface area contributed by atoms with E-state index in [2.05, 4.69) is 31.0 Å². The van der Waals surface area contributed by atoms with Gasteiger partial charge < -0.3 is 15.1 Å². The first kappa shape index (κ1) is 16.0. The monoisotopic (exact) mass is 269 g/mol. The molecule has 5 nitrogen and oxygen atoms in total. The second-order valence-corrected chi connectivity index (χ2v) is 5.26. The number of carbonyl (C=O) groups excluding carboxylic acids is 2. The average Bonchev–Trinajstić information content (AvgIpc) is 2.43. The minimum absolute atomic E-state index is 0.369. The molecule has 0 saturated carbocycles. The van der Waals surface area contributed by atoms with E-state index >= 15 is 0 Å². The highest BCUT2D eigenvalue weighted by Crippen LogP contribution is 2.15. The average molecular weight is 269 g/mol. The van der Waals surface area contributed by atoms with Gasteiger partial charge in [0.05, 0.1) is 0 Å². The van der Waals surface area contributed by atoms with E-state index in [0.717, 1.165) is 32.5 Å². The topological polar surface area (TPSA) is 52.7 Å². The zero-order valence-electron chi connectivity index (χ0n) is 12.4. The molecule has 1 saturated heterocycles. The Morgan fingerprint density at radius 1 is 1.21 bits per heavy atom. The van der Waals surface area contributed by atoms with Gasteiger partial charge in [0, 0.05) is 26.2 Å². The molecule has 1 N–H and O–H groups in total. The molecule has 1 aliphatic heterocycles. The van der Waals surface area contributed by atoms with Crippen molar-refractivity contribution >= 4 is 11.8 Å². The van der Waals surface area contributed by atoms with E-state index in [1.807, 2.05) is 0 Å². The summed E-state index contributed by atoms with van der Waals surface area (Å²) in [6, 6.07) is 0. The zero-order valence-corrected chi connectivity index (χ0v) is 12.4. The van der Waals surface area contributed by atoms with Gasteiger partial charge in [-0.15, -0.1) is 0 Å². The third-order valence-electron chi connectivity index (χ3n) is 3.87. The zero-order chi connectivity index (χ0) is 14.3. The Morgan fingerprint density at radius 2 is 1.79 bits per heavy atom. The van der Waals surface area contributed by atoms with Gasteiger partial charge in [0.1, 0.15) is 0 Å². The summed E-state index contributed by atoms with van der Waals surface area (Å²) in [6.45, 7) is 11.0. The Hall–Kier alpha value is -1.10. The summed E-state index contributed by atoms with van der Waals surface area (Å²) in [5.41, 5.74) is 0. The van der Waals surface area contributed by atoms with Gasteiger partial charge in [0.2, 0.25) is 0 Å². The van der Waals surface area contributed by atoms with Crippen molar-refractivity contribution in [2.24, 2.45) is 5.92 Å². The van der Waals surface area contributed by atoms with Crippen LogP contribution in [0.25, 0.3) is 0 Å². The fourth-order valence-corrected chi connectivity index (χ4v) is 2.30. The number of hydrogen-bond donors (Lipinski definition) is 1. The molecule has 19 heavy (non-hydrogen) atoms. The fraction of sp³-hybridized carbons (Fsp3) is 0.857. The van der Waals surface area contributed by atoms with E-state index in [1.54, 1.807) is 4.90 Å². The molecule has 0 bridgehead atoms. The predicted octanol–water partition coefficient (Wildman–Crippen LogP) is 0.703. The van der Waals surface area contributed by atoms with Gasteiger partial charge in [-0.1, -0.05) is 20.8 Å². The Morgan fingerprint density at radius 3 is 2.32 bits per heavy atom. The summed E-state index contributed by atoms with van der Waals surface area (Å²) in [5, 5.41) is 2.72. The lowest BCUT2D eigenvalue weighted by molar-refractivity contribution is -0.146. The first-order chi connectivity index (χ1) is 9.08.